The quantitative estimate of drug-likeness (QED) is 0.897. The molecular formula is C20H23N3O2. The van der Waals surface area contributed by atoms with Crippen LogP contribution in [0.15, 0.2) is 54.6 Å². The van der Waals surface area contributed by atoms with E-state index >= 15 is 0 Å². The third-order valence-electron chi connectivity index (χ3n) is 4.46. The molecule has 2 N–H and O–H groups in total. The SMILES string of the molecule is CCNC(=O)c1cccc(NC(=O)N2CCC(c3ccccc3)C2)c1. The van der Waals surface area contributed by atoms with Crippen LogP contribution in [0.25, 0.3) is 0 Å². The largest absolute Gasteiger partial charge is 0.352 e. The Morgan fingerprint density at radius 1 is 1.12 bits per heavy atom. The lowest BCUT2D eigenvalue weighted by Gasteiger charge is -2.18. The van der Waals surface area contributed by atoms with Crippen molar-refractivity contribution >= 4 is 17.6 Å². The van der Waals surface area contributed by atoms with Crippen molar-refractivity contribution in [3.05, 3.63) is 65.7 Å². The Morgan fingerprint density at radius 3 is 2.68 bits per heavy atom. The molecule has 0 radical (unpaired) electrons. The van der Waals surface area contributed by atoms with Crippen molar-refractivity contribution in [1.82, 2.24) is 10.2 Å². The highest BCUT2D eigenvalue weighted by molar-refractivity contribution is 5.96. The lowest BCUT2D eigenvalue weighted by molar-refractivity contribution is 0.0956. The highest BCUT2D eigenvalue weighted by atomic mass is 16.2. The molecule has 1 atom stereocenters. The standard InChI is InChI=1S/C20H23N3O2/c1-2-21-19(24)16-9-6-10-18(13-16)22-20(25)23-12-11-17(14-23)15-7-4-3-5-8-15/h3-10,13,17H,2,11-12,14H2,1H3,(H,21,24)(H,22,25). The van der Waals surface area contributed by atoms with E-state index in [1.54, 1.807) is 24.3 Å². The van der Waals surface area contributed by atoms with Crippen LogP contribution in [-0.2, 0) is 0 Å². The molecule has 2 aromatic rings. The fourth-order valence-corrected chi connectivity index (χ4v) is 3.15. The number of hydrogen-bond acceptors (Lipinski definition) is 2. The second kappa shape index (κ2) is 7.83. The minimum atomic E-state index is -0.135. The van der Waals surface area contributed by atoms with Crippen LogP contribution in [0.3, 0.4) is 0 Å². The zero-order valence-electron chi connectivity index (χ0n) is 14.4. The zero-order chi connectivity index (χ0) is 17.6. The summed E-state index contributed by atoms with van der Waals surface area (Å²) in [4.78, 5) is 26.2. The summed E-state index contributed by atoms with van der Waals surface area (Å²) < 4.78 is 0. The monoisotopic (exact) mass is 337 g/mol. The molecule has 3 amide bonds. The maximum atomic E-state index is 12.5. The summed E-state index contributed by atoms with van der Waals surface area (Å²) in [7, 11) is 0. The number of hydrogen-bond donors (Lipinski definition) is 2. The van der Waals surface area contributed by atoms with Crippen LogP contribution < -0.4 is 10.6 Å². The summed E-state index contributed by atoms with van der Waals surface area (Å²) in [6.07, 6.45) is 0.969. The lowest BCUT2D eigenvalue weighted by atomic mass is 9.99. The second-order valence-corrected chi connectivity index (χ2v) is 6.21. The van der Waals surface area contributed by atoms with E-state index in [1.165, 1.54) is 5.56 Å². The van der Waals surface area contributed by atoms with Crippen LogP contribution in [0.5, 0.6) is 0 Å². The number of benzene rings is 2. The number of likely N-dealkylation sites (tertiary alicyclic amines) is 1. The molecule has 130 valence electrons. The average molecular weight is 337 g/mol. The van der Waals surface area contributed by atoms with E-state index in [1.807, 2.05) is 30.0 Å². The molecule has 0 aliphatic carbocycles. The maximum absolute atomic E-state index is 12.5. The van der Waals surface area contributed by atoms with Gasteiger partial charge in [0.05, 0.1) is 0 Å². The molecule has 25 heavy (non-hydrogen) atoms. The van der Waals surface area contributed by atoms with Crippen LogP contribution in [0.1, 0.15) is 35.2 Å². The fourth-order valence-electron chi connectivity index (χ4n) is 3.15. The Balaban J connectivity index is 1.61. The molecule has 1 heterocycles. The first-order valence-corrected chi connectivity index (χ1v) is 8.66. The highest BCUT2D eigenvalue weighted by Gasteiger charge is 2.27. The Hall–Kier alpha value is -2.82. The van der Waals surface area contributed by atoms with Crippen LogP contribution in [0, 0.1) is 0 Å². The summed E-state index contributed by atoms with van der Waals surface area (Å²) in [6, 6.07) is 17.2. The molecule has 1 fully saturated rings. The number of nitrogens with zero attached hydrogens (tertiary/aromatic N) is 1. The van der Waals surface area contributed by atoms with E-state index in [4.69, 9.17) is 0 Å². The van der Waals surface area contributed by atoms with Gasteiger partial charge in [-0.15, -0.1) is 0 Å². The summed E-state index contributed by atoms with van der Waals surface area (Å²) >= 11 is 0. The van der Waals surface area contributed by atoms with Gasteiger partial charge in [-0.2, -0.15) is 0 Å². The number of carbonyl (C=O) groups is 2. The molecular weight excluding hydrogens is 314 g/mol. The molecule has 5 nitrogen and oxygen atoms in total. The smallest absolute Gasteiger partial charge is 0.321 e. The van der Waals surface area contributed by atoms with Gasteiger partial charge in [-0.25, -0.2) is 4.79 Å². The van der Waals surface area contributed by atoms with Gasteiger partial charge in [-0.05, 0) is 37.1 Å². The van der Waals surface area contributed by atoms with Gasteiger partial charge in [-0.1, -0.05) is 36.4 Å². The van der Waals surface area contributed by atoms with Gasteiger partial charge in [0.1, 0.15) is 0 Å². The van der Waals surface area contributed by atoms with Gasteiger partial charge >= 0.3 is 6.03 Å². The number of rotatable bonds is 4. The summed E-state index contributed by atoms with van der Waals surface area (Å²) in [5, 5.41) is 5.66. The molecule has 0 saturated carbocycles. The van der Waals surface area contributed by atoms with Crippen molar-refractivity contribution in [2.75, 3.05) is 25.0 Å². The van der Waals surface area contributed by atoms with Gasteiger partial charge in [-0.3, -0.25) is 4.79 Å². The van der Waals surface area contributed by atoms with Crippen LogP contribution in [0.2, 0.25) is 0 Å². The molecule has 3 rings (SSSR count). The van der Waals surface area contributed by atoms with Crippen LogP contribution in [0.4, 0.5) is 10.5 Å². The average Bonchev–Trinajstić information content (AvgIpc) is 3.13. The predicted molar refractivity (Wildman–Crippen MR) is 98.8 cm³/mol. The lowest BCUT2D eigenvalue weighted by Crippen LogP contribution is -2.33. The minimum absolute atomic E-state index is 0.119. The van der Waals surface area contributed by atoms with E-state index < -0.39 is 0 Å². The molecule has 1 unspecified atom stereocenters. The number of nitrogens with one attached hydrogen (secondary N) is 2. The van der Waals surface area contributed by atoms with Crippen molar-refractivity contribution in [2.24, 2.45) is 0 Å². The third kappa shape index (κ3) is 4.18. The molecule has 5 heteroatoms. The summed E-state index contributed by atoms with van der Waals surface area (Å²) in [5.41, 5.74) is 2.45. The molecule has 2 aromatic carbocycles. The minimum Gasteiger partial charge on any atom is -0.352 e. The van der Waals surface area contributed by atoms with Crippen LogP contribution in [-0.4, -0.2) is 36.5 Å². The van der Waals surface area contributed by atoms with Crippen LogP contribution >= 0.6 is 0 Å². The Morgan fingerprint density at radius 2 is 1.92 bits per heavy atom. The normalized spacial score (nSPS) is 16.5. The van der Waals surface area contributed by atoms with Gasteiger partial charge in [0, 0.05) is 36.8 Å². The molecule has 1 aliphatic heterocycles. The van der Waals surface area contributed by atoms with Gasteiger partial charge < -0.3 is 15.5 Å². The number of anilines is 1. The van der Waals surface area contributed by atoms with Crippen molar-refractivity contribution in [3.63, 3.8) is 0 Å². The molecule has 1 aliphatic rings. The first-order valence-electron chi connectivity index (χ1n) is 8.66. The number of urea groups is 1. The van der Waals surface area contributed by atoms with Crippen molar-refractivity contribution in [1.29, 1.82) is 0 Å². The van der Waals surface area contributed by atoms with E-state index in [0.717, 1.165) is 13.0 Å². The van der Waals surface area contributed by atoms with Crippen molar-refractivity contribution in [2.45, 2.75) is 19.3 Å². The van der Waals surface area contributed by atoms with Crippen molar-refractivity contribution in [3.8, 4) is 0 Å². The van der Waals surface area contributed by atoms with Gasteiger partial charge in [0.15, 0.2) is 0 Å². The van der Waals surface area contributed by atoms with E-state index in [-0.39, 0.29) is 11.9 Å². The Labute approximate surface area is 148 Å². The number of amides is 3. The van der Waals surface area contributed by atoms with E-state index in [0.29, 0.717) is 30.3 Å². The summed E-state index contributed by atoms with van der Waals surface area (Å²) in [5.74, 6) is 0.248. The third-order valence-corrected chi connectivity index (χ3v) is 4.46. The first kappa shape index (κ1) is 17.0. The Kier molecular flexibility index (Phi) is 5.33. The predicted octanol–water partition coefficient (Wildman–Crippen LogP) is 3.46. The summed E-state index contributed by atoms with van der Waals surface area (Å²) in [6.45, 7) is 3.90. The topological polar surface area (TPSA) is 61.4 Å². The zero-order valence-corrected chi connectivity index (χ0v) is 14.4. The molecule has 0 aromatic heterocycles. The highest BCUT2D eigenvalue weighted by Crippen LogP contribution is 2.27. The molecule has 0 bridgehead atoms. The van der Waals surface area contributed by atoms with Crippen molar-refractivity contribution < 1.29 is 9.59 Å². The fraction of sp³-hybridized carbons (Fsp3) is 0.300. The first-order chi connectivity index (χ1) is 12.2. The van der Waals surface area contributed by atoms with Gasteiger partial charge in [0.25, 0.3) is 5.91 Å². The second-order valence-electron chi connectivity index (χ2n) is 6.21. The van der Waals surface area contributed by atoms with E-state index in [9.17, 15) is 9.59 Å². The number of carbonyl (C=O) groups excluding carboxylic acids is 2. The van der Waals surface area contributed by atoms with Gasteiger partial charge in [0.2, 0.25) is 0 Å². The maximum Gasteiger partial charge on any atom is 0.321 e. The Bertz CT molecular complexity index is 746. The molecule has 0 spiro atoms. The van der Waals surface area contributed by atoms with E-state index in [2.05, 4.69) is 22.8 Å². The molecule has 1 saturated heterocycles.